The van der Waals surface area contributed by atoms with Gasteiger partial charge in [0.2, 0.25) is 11.8 Å². The third-order valence-corrected chi connectivity index (χ3v) is 5.94. The Morgan fingerprint density at radius 1 is 0.967 bits per heavy atom. The van der Waals surface area contributed by atoms with Crippen LogP contribution in [0, 0.1) is 0 Å². The molecule has 1 heterocycles. The maximum absolute atomic E-state index is 13.1. The average molecular weight is 418 g/mol. The van der Waals surface area contributed by atoms with Crippen LogP contribution in [-0.4, -0.2) is 77.9 Å². The van der Waals surface area contributed by atoms with Crippen LogP contribution in [0.15, 0.2) is 24.3 Å². The van der Waals surface area contributed by atoms with Crippen LogP contribution in [0.4, 0.5) is 0 Å². The second-order valence-corrected chi connectivity index (χ2v) is 8.73. The molecule has 0 aromatic heterocycles. The van der Waals surface area contributed by atoms with Crippen molar-refractivity contribution in [1.82, 2.24) is 14.7 Å². The largest absolute Gasteiger partial charge is 0.497 e. The number of rotatable bonds is 8. The summed E-state index contributed by atoms with van der Waals surface area (Å²) in [4.78, 5) is 32.0. The van der Waals surface area contributed by atoms with Crippen molar-refractivity contribution >= 4 is 11.8 Å². The number of benzene rings is 1. The zero-order chi connectivity index (χ0) is 22.3. The van der Waals surface area contributed by atoms with Gasteiger partial charge in [-0.05, 0) is 65.2 Å². The van der Waals surface area contributed by atoms with Crippen LogP contribution in [0.5, 0.6) is 5.75 Å². The molecule has 1 aromatic rings. The molecule has 0 radical (unpaired) electrons. The highest BCUT2D eigenvalue weighted by atomic mass is 16.5. The summed E-state index contributed by atoms with van der Waals surface area (Å²) >= 11 is 0. The highest BCUT2D eigenvalue weighted by molar-refractivity contribution is 5.82. The fourth-order valence-corrected chi connectivity index (χ4v) is 4.25. The lowest BCUT2D eigenvalue weighted by molar-refractivity contribution is -0.140. The van der Waals surface area contributed by atoms with Crippen molar-refractivity contribution in [3.05, 3.63) is 29.8 Å². The molecule has 1 fully saturated rings. The van der Waals surface area contributed by atoms with Gasteiger partial charge < -0.3 is 14.5 Å². The Morgan fingerprint density at radius 3 is 2.17 bits per heavy atom. The standard InChI is InChI=1S/C24H39N3O3/c1-18(2)27(19(3)4)24(29)20(5)25-14-7-15-26(17-16-25)23(28)13-10-21-8-11-22(30-6)12-9-21/h8-9,11-12,18-20H,7,10,13-17H2,1-6H3. The van der Waals surface area contributed by atoms with Gasteiger partial charge in [0.1, 0.15) is 5.75 Å². The van der Waals surface area contributed by atoms with E-state index < -0.39 is 0 Å². The van der Waals surface area contributed by atoms with E-state index in [1.54, 1.807) is 7.11 Å². The first-order valence-corrected chi connectivity index (χ1v) is 11.2. The van der Waals surface area contributed by atoms with Gasteiger partial charge >= 0.3 is 0 Å². The first-order chi connectivity index (χ1) is 14.2. The normalized spacial score (nSPS) is 16.5. The molecule has 0 saturated carbocycles. The number of hydrogen-bond acceptors (Lipinski definition) is 4. The zero-order valence-electron chi connectivity index (χ0n) is 19.6. The zero-order valence-corrected chi connectivity index (χ0v) is 19.6. The van der Waals surface area contributed by atoms with Crippen molar-refractivity contribution in [3.63, 3.8) is 0 Å². The van der Waals surface area contributed by atoms with Gasteiger partial charge in [0, 0.05) is 44.7 Å². The highest BCUT2D eigenvalue weighted by Gasteiger charge is 2.30. The molecule has 6 nitrogen and oxygen atoms in total. The third-order valence-electron chi connectivity index (χ3n) is 5.94. The first kappa shape index (κ1) is 24.2. The summed E-state index contributed by atoms with van der Waals surface area (Å²) in [6, 6.07) is 8.09. The Bertz CT molecular complexity index is 679. The predicted octanol–water partition coefficient (Wildman–Crippen LogP) is 3.20. The number of ether oxygens (including phenoxy) is 1. The van der Waals surface area contributed by atoms with Gasteiger partial charge in [-0.3, -0.25) is 14.5 Å². The molecule has 168 valence electrons. The molecular weight excluding hydrogens is 378 g/mol. The summed E-state index contributed by atoms with van der Waals surface area (Å²) in [5.41, 5.74) is 1.14. The van der Waals surface area contributed by atoms with Crippen molar-refractivity contribution in [2.24, 2.45) is 0 Å². The van der Waals surface area contributed by atoms with Crippen molar-refractivity contribution in [2.45, 2.75) is 72.0 Å². The van der Waals surface area contributed by atoms with Gasteiger partial charge in [-0.15, -0.1) is 0 Å². The van der Waals surface area contributed by atoms with E-state index in [1.807, 2.05) is 41.0 Å². The second-order valence-electron chi connectivity index (χ2n) is 8.73. The minimum Gasteiger partial charge on any atom is -0.497 e. The summed E-state index contributed by atoms with van der Waals surface area (Å²) < 4.78 is 5.18. The number of aryl methyl sites for hydroxylation is 1. The molecule has 6 heteroatoms. The molecule has 1 aliphatic heterocycles. The number of amides is 2. The van der Waals surface area contributed by atoms with Crippen molar-refractivity contribution < 1.29 is 14.3 Å². The summed E-state index contributed by atoms with van der Waals surface area (Å²) in [7, 11) is 1.65. The lowest BCUT2D eigenvalue weighted by atomic mass is 10.1. The van der Waals surface area contributed by atoms with Gasteiger partial charge in [-0.25, -0.2) is 0 Å². The summed E-state index contributed by atoms with van der Waals surface area (Å²) in [6.45, 7) is 13.3. The van der Waals surface area contributed by atoms with E-state index in [0.717, 1.165) is 43.8 Å². The molecule has 1 unspecified atom stereocenters. The molecule has 0 spiro atoms. The lowest BCUT2D eigenvalue weighted by Gasteiger charge is -2.36. The minimum absolute atomic E-state index is 0.163. The van der Waals surface area contributed by atoms with Gasteiger partial charge in [0.05, 0.1) is 13.2 Å². The lowest BCUT2D eigenvalue weighted by Crippen LogP contribution is -2.52. The molecule has 1 aromatic carbocycles. The van der Waals surface area contributed by atoms with E-state index in [1.165, 1.54) is 0 Å². The fraction of sp³-hybridized carbons (Fsp3) is 0.667. The van der Waals surface area contributed by atoms with E-state index >= 15 is 0 Å². The van der Waals surface area contributed by atoms with Crippen LogP contribution in [0.3, 0.4) is 0 Å². The highest BCUT2D eigenvalue weighted by Crippen LogP contribution is 2.16. The van der Waals surface area contributed by atoms with E-state index in [-0.39, 0.29) is 29.9 Å². The molecule has 30 heavy (non-hydrogen) atoms. The molecule has 2 amide bonds. The monoisotopic (exact) mass is 417 g/mol. The smallest absolute Gasteiger partial charge is 0.240 e. The fourth-order valence-electron chi connectivity index (χ4n) is 4.25. The summed E-state index contributed by atoms with van der Waals surface area (Å²) in [5, 5.41) is 0. The van der Waals surface area contributed by atoms with Gasteiger partial charge in [0.15, 0.2) is 0 Å². The Kier molecular flexibility index (Phi) is 9.15. The molecule has 0 N–H and O–H groups in total. The van der Waals surface area contributed by atoms with Crippen LogP contribution < -0.4 is 4.74 Å². The second kappa shape index (κ2) is 11.3. The topological polar surface area (TPSA) is 53.1 Å². The van der Waals surface area contributed by atoms with E-state index in [4.69, 9.17) is 4.74 Å². The predicted molar refractivity (Wildman–Crippen MR) is 121 cm³/mol. The molecule has 1 aliphatic rings. The van der Waals surface area contributed by atoms with Gasteiger partial charge in [-0.1, -0.05) is 12.1 Å². The van der Waals surface area contributed by atoms with Crippen LogP contribution >= 0.6 is 0 Å². The number of carbonyl (C=O) groups is 2. The van der Waals surface area contributed by atoms with Gasteiger partial charge in [0.25, 0.3) is 0 Å². The van der Waals surface area contributed by atoms with E-state index in [2.05, 4.69) is 32.6 Å². The first-order valence-electron chi connectivity index (χ1n) is 11.2. The maximum atomic E-state index is 13.1. The molecule has 2 rings (SSSR count). The Labute approximate surface area is 182 Å². The Morgan fingerprint density at radius 2 is 1.60 bits per heavy atom. The third kappa shape index (κ3) is 6.46. The van der Waals surface area contributed by atoms with E-state index in [0.29, 0.717) is 13.0 Å². The van der Waals surface area contributed by atoms with Crippen LogP contribution in [0.2, 0.25) is 0 Å². The Balaban J connectivity index is 1.88. The molecule has 1 saturated heterocycles. The SMILES string of the molecule is COc1ccc(CCC(=O)N2CCCN(C(C)C(=O)N(C(C)C)C(C)C)CC2)cc1. The van der Waals surface area contributed by atoms with Gasteiger partial charge in [-0.2, -0.15) is 0 Å². The number of methoxy groups -OCH3 is 1. The van der Waals surface area contributed by atoms with Crippen molar-refractivity contribution in [2.75, 3.05) is 33.3 Å². The van der Waals surface area contributed by atoms with Crippen molar-refractivity contribution in [3.8, 4) is 5.75 Å². The molecular formula is C24H39N3O3. The number of carbonyl (C=O) groups excluding carboxylic acids is 2. The minimum atomic E-state index is -0.163. The van der Waals surface area contributed by atoms with Crippen LogP contribution in [-0.2, 0) is 16.0 Å². The van der Waals surface area contributed by atoms with Crippen LogP contribution in [0.1, 0.15) is 53.0 Å². The summed E-state index contributed by atoms with van der Waals surface area (Å²) in [5.74, 6) is 1.20. The summed E-state index contributed by atoms with van der Waals surface area (Å²) in [6.07, 6.45) is 2.14. The number of hydrogen-bond donors (Lipinski definition) is 0. The maximum Gasteiger partial charge on any atom is 0.240 e. The van der Waals surface area contributed by atoms with Crippen molar-refractivity contribution in [1.29, 1.82) is 0 Å². The van der Waals surface area contributed by atoms with Crippen LogP contribution in [0.25, 0.3) is 0 Å². The quantitative estimate of drug-likeness (QED) is 0.652. The van der Waals surface area contributed by atoms with E-state index in [9.17, 15) is 9.59 Å². The Hall–Kier alpha value is -2.08. The molecule has 1 atom stereocenters. The molecule has 0 bridgehead atoms. The molecule has 0 aliphatic carbocycles. The average Bonchev–Trinajstić information content (AvgIpc) is 2.97. The number of nitrogens with zero attached hydrogens (tertiary/aromatic N) is 3.